The first kappa shape index (κ1) is 20.7. The molecule has 0 unspecified atom stereocenters. The van der Waals surface area contributed by atoms with E-state index < -0.39 is 11.7 Å². The second kappa shape index (κ2) is 8.68. The maximum absolute atomic E-state index is 12.9. The fourth-order valence-corrected chi connectivity index (χ4v) is 4.15. The third-order valence-corrected chi connectivity index (χ3v) is 5.73. The summed E-state index contributed by atoms with van der Waals surface area (Å²) in [6.45, 7) is 2.68. The smallest absolute Gasteiger partial charge is 0.416 e. The second-order valence-electron chi connectivity index (χ2n) is 8.03. The van der Waals surface area contributed by atoms with Gasteiger partial charge < -0.3 is 10.1 Å². The predicted octanol–water partition coefficient (Wildman–Crippen LogP) is 3.96. The van der Waals surface area contributed by atoms with E-state index in [4.69, 9.17) is 4.74 Å². The van der Waals surface area contributed by atoms with Gasteiger partial charge in [-0.25, -0.2) is 0 Å². The van der Waals surface area contributed by atoms with E-state index in [1.165, 1.54) is 12.1 Å². The first-order valence-electron chi connectivity index (χ1n) is 10.3. The highest BCUT2D eigenvalue weighted by atomic mass is 19.4. The minimum atomic E-state index is -4.32. The second-order valence-corrected chi connectivity index (χ2v) is 8.03. The normalized spacial score (nSPS) is 17.4. The Morgan fingerprint density at radius 3 is 2.67 bits per heavy atom. The van der Waals surface area contributed by atoms with Crippen LogP contribution in [-0.4, -0.2) is 36.5 Å². The maximum Gasteiger partial charge on any atom is 0.416 e. The van der Waals surface area contributed by atoms with E-state index in [1.54, 1.807) is 6.07 Å². The van der Waals surface area contributed by atoms with E-state index >= 15 is 0 Å². The summed E-state index contributed by atoms with van der Waals surface area (Å²) < 4.78 is 44.1. The van der Waals surface area contributed by atoms with Crippen LogP contribution in [0.2, 0.25) is 0 Å². The molecule has 1 saturated heterocycles. The quantitative estimate of drug-likeness (QED) is 0.799. The van der Waals surface area contributed by atoms with Crippen molar-refractivity contribution in [1.82, 2.24) is 10.2 Å². The first-order valence-corrected chi connectivity index (χ1v) is 10.3. The van der Waals surface area contributed by atoms with Gasteiger partial charge in [0.15, 0.2) is 0 Å². The highest BCUT2D eigenvalue weighted by molar-refractivity contribution is 5.79. The summed E-state index contributed by atoms with van der Waals surface area (Å²) in [7, 11) is 0. The summed E-state index contributed by atoms with van der Waals surface area (Å²) in [6.07, 6.45) is -1.50. The Kier molecular flexibility index (Phi) is 5.99. The number of fused-ring (bicyclic) bond motifs is 1. The lowest BCUT2D eigenvalue weighted by Gasteiger charge is -2.32. The number of ether oxygens (including phenoxy) is 1. The summed E-state index contributed by atoms with van der Waals surface area (Å²) in [4.78, 5) is 14.6. The van der Waals surface area contributed by atoms with E-state index in [0.717, 1.165) is 55.3 Å². The van der Waals surface area contributed by atoms with E-state index in [2.05, 4.69) is 10.2 Å². The fraction of sp³-hybridized carbons (Fsp3) is 0.435. The summed E-state index contributed by atoms with van der Waals surface area (Å²) in [5.41, 5.74) is 2.19. The third kappa shape index (κ3) is 5.14. The maximum atomic E-state index is 12.9. The number of nitrogens with one attached hydrogen (secondary N) is 1. The zero-order valence-electron chi connectivity index (χ0n) is 16.7. The van der Waals surface area contributed by atoms with Crippen molar-refractivity contribution in [2.45, 2.75) is 44.4 Å². The summed E-state index contributed by atoms with van der Waals surface area (Å²) in [5, 5.41) is 3.10. The molecule has 0 radical (unpaired) electrons. The highest BCUT2D eigenvalue weighted by Crippen LogP contribution is 2.30. The van der Waals surface area contributed by atoms with Crippen molar-refractivity contribution in [3.63, 3.8) is 0 Å². The number of carbonyl (C=O) groups excluding carboxylic acids is 1. The molecule has 0 aromatic heterocycles. The van der Waals surface area contributed by atoms with Gasteiger partial charge in [0, 0.05) is 32.1 Å². The van der Waals surface area contributed by atoms with Crippen LogP contribution in [0.1, 0.15) is 35.1 Å². The van der Waals surface area contributed by atoms with Gasteiger partial charge in [0.1, 0.15) is 5.75 Å². The molecule has 0 spiro atoms. The van der Waals surface area contributed by atoms with E-state index in [0.29, 0.717) is 25.1 Å². The number of piperidine rings is 1. The lowest BCUT2D eigenvalue weighted by atomic mass is 10.0. The molecule has 4 rings (SSSR count). The highest BCUT2D eigenvalue weighted by Gasteiger charge is 2.30. The number of hydrogen-bond acceptors (Lipinski definition) is 3. The van der Waals surface area contributed by atoms with Crippen LogP contribution < -0.4 is 10.1 Å². The molecule has 2 aromatic carbocycles. The van der Waals surface area contributed by atoms with E-state index in [9.17, 15) is 18.0 Å². The Bertz CT molecular complexity index is 906. The van der Waals surface area contributed by atoms with Gasteiger partial charge in [0.2, 0.25) is 5.91 Å². The molecule has 7 heteroatoms. The number of rotatable bonds is 5. The SMILES string of the molecule is O=C(Cc1ccc2c(c1)CCO2)NC1CCN(Cc2cccc(C(F)(F)F)c2)CC1. The van der Waals surface area contributed by atoms with Crippen LogP contribution >= 0.6 is 0 Å². The molecular weight excluding hydrogens is 393 g/mol. The van der Waals surface area contributed by atoms with Crippen molar-refractivity contribution in [3.8, 4) is 5.75 Å². The van der Waals surface area contributed by atoms with Crippen LogP contribution in [0.3, 0.4) is 0 Å². The molecule has 1 N–H and O–H groups in total. The molecule has 30 heavy (non-hydrogen) atoms. The largest absolute Gasteiger partial charge is 0.493 e. The van der Waals surface area contributed by atoms with Gasteiger partial charge in [0.25, 0.3) is 0 Å². The van der Waals surface area contributed by atoms with Crippen molar-refractivity contribution in [1.29, 1.82) is 0 Å². The lowest BCUT2D eigenvalue weighted by Crippen LogP contribution is -2.44. The van der Waals surface area contributed by atoms with E-state index in [1.807, 2.05) is 18.2 Å². The average molecular weight is 418 g/mol. The molecule has 160 valence electrons. The van der Waals surface area contributed by atoms with E-state index in [-0.39, 0.29) is 11.9 Å². The molecule has 0 saturated carbocycles. The summed E-state index contributed by atoms with van der Waals surface area (Å²) >= 11 is 0. The minimum Gasteiger partial charge on any atom is -0.493 e. The van der Waals surface area contributed by atoms with Crippen LogP contribution in [0.4, 0.5) is 13.2 Å². The summed E-state index contributed by atoms with van der Waals surface area (Å²) in [6, 6.07) is 11.5. The van der Waals surface area contributed by atoms with Crippen molar-refractivity contribution < 1.29 is 22.7 Å². The molecule has 2 aliphatic heterocycles. The zero-order valence-corrected chi connectivity index (χ0v) is 16.7. The van der Waals surface area contributed by atoms with Gasteiger partial charge in [-0.05, 0) is 41.7 Å². The van der Waals surface area contributed by atoms with Crippen LogP contribution in [0.25, 0.3) is 0 Å². The lowest BCUT2D eigenvalue weighted by molar-refractivity contribution is -0.137. The standard InChI is InChI=1S/C23H25F3N2O2/c24-23(25,26)19-3-1-2-17(13-19)15-28-9-6-20(7-10-28)27-22(29)14-16-4-5-21-18(12-16)8-11-30-21/h1-5,12-13,20H,6-11,14-15H2,(H,27,29). The van der Waals surface area contributed by atoms with Gasteiger partial charge in [-0.1, -0.05) is 30.3 Å². The number of alkyl halides is 3. The molecule has 0 atom stereocenters. The minimum absolute atomic E-state index is 0.00481. The Balaban J connectivity index is 1.24. The van der Waals surface area contributed by atoms with Crippen LogP contribution in [0.15, 0.2) is 42.5 Å². The molecule has 2 aliphatic rings. The third-order valence-electron chi connectivity index (χ3n) is 5.73. The predicted molar refractivity (Wildman–Crippen MR) is 107 cm³/mol. The van der Waals surface area contributed by atoms with Gasteiger partial charge in [0.05, 0.1) is 18.6 Å². The number of nitrogens with zero attached hydrogens (tertiary/aromatic N) is 1. The van der Waals surface area contributed by atoms with Crippen molar-refractivity contribution in [2.75, 3.05) is 19.7 Å². The van der Waals surface area contributed by atoms with Gasteiger partial charge in [-0.15, -0.1) is 0 Å². The fourth-order valence-electron chi connectivity index (χ4n) is 4.15. The Hall–Kier alpha value is -2.54. The Morgan fingerprint density at radius 2 is 1.90 bits per heavy atom. The molecule has 0 bridgehead atoms. The van der Waals surface area contributed by atoms with Crippen LogP contribution in [0.5, 0.6) is 5.75 Å². The Morgan fingerprint density at radius 1 is 1.10 bits per heavy atom. The summed E-state index contributed by atoms with van der Waals surface area (Å²) in [5.74, 6) is 0.914. The average Bonchev–Trinajstić information content (AvgIpc) is 3.17. The number of likely N-dealkylation sites (tertiary alicyclic amines) is 1. The van der Waals surface area contributed by atoms with Crippen molar-refractivity contribution in [2.24, 2.45) is 0 Å². The monoisotopic (exact) mass is 418 g/mol. The number of halogens is 3. The van der Waals surface area contributed by atoms with Gasteiger partial charge in [-0.2, -0.15) is 13.2 Å². The molecule has 2 heterocycles. The molecule has 1 amide bonds. The number of amides is 1. The molecule has 1 fully saturated rings. The first-order chi connectivity index (χ1) is 14.4. The van der Waals surface area contributed by atoms with Crippen LogP contribution in [-0.2, 0) is 30.4 Å². The number of carbonyl (C=O) groups is 1. The molecular formula is C23H25F3N2O2. The van der Waals surface area contributed by atoms with Gasteiger partial charge >= 0.3 is 6.18 Å². The van der Waals surface area contributed by atoms with Crippen molar-refractivity contribution >= 4 is 5.91 Å². The topological polar surface area (TPSA) is 41.6 Å². The van der Waals surface area contributed by atoms with Crippen LogP contribution in [0, 0.1) is 0 Å². The molecule has 0 aliphatic carbocycles. The van der Waals surface area contributed by atoms with Gasteiger partial charge in [-0.3, -0.25) is 9.69 Å². The number of hydrogen-bond donors (Lipinski definition) is 1. The number of benzene rings is 2. The molecule has 2 aromatic rings. The molecule has 4 nitrogen and oxygen atoms in total. The zero-order chi connectivity index (χ0) is 21.1. The van der Waals surface area contributed by atoms with Crippen molar-refractivity contribution in [3.05, 3.63) is 64.7 Å². The Labute approximate surface area is 174 Å².